The Bertz CT molecular complexity index is 450. The van der Waals surface area contributed by atoms with Gasteiger partial charge in [-0.1, -0.05) is 8.64 Å². The summed E-state index contributed by atoms with van der Waals surface area (Å²) in [5.74, 6) is 0. The number of hydrogen-bond donors (Lipinski definition) is 0. The van der Waals surface area contributed by atoms with Gasteiger partial charge in [0, 0.05) is 26.2 Å². The number of hydrogen-bond acceptors (Lipinski definition) is 5. The Labute approximate surface area is 210 Å². The molecule has 2 rings (SSSR count). The average molecular weight is 558 g/mol. The van der Waals surface area contributed by atoms with Gasteiger partial charge in [-0.15, -0.1) is 0 Å². The molecule has 0 amide bonds. The molecule has 0 aliphatic carbocycles. The van der Waals surface area contributed by atoms with Crippen LogP contribution in [0, 0.1) is 13.3 Å². The summed E-state index contributed by atoms with van der Waals surface area (Å²) in [6, 6.07) is 1.27. The fourth-order valence-electron chi connectivity index (χ4n) is 2.64. The van der Waals surface area contributed by atoms with Crippen LogP contribution >= 0.6 is 24.4 Å². The SMILES string of the molecule is CC(C)N([CH]=[Mo])C(C)C.S=C([S-])N1CCCC1.S=C([S-])N1CCCC1.[C-]#[O+].[C-]#[O+]. The molecule has 0 aromatic heterocycles. The maximum atomic E-state index is 7.50. The zero-order valence-electron chi connectivity index (χ0n) is 17.6. The second kappa shape index (κ2) is 22.9. The van der Waals surface area contributed by atoms with Gasteiger partial charge < -0.3 is 59.5 Å². The third kappa shape index (κ3) is 18.7. The Kier molecular flexibility index (Phi) is 26.7. The molecule has 0 N–H and O–H groups in total. The van der Waals surface area contributed by atoms with E-state index in [0.717, 1.165) is 26.2 Å². The van der Waals surface area contributed by atoms with Crippen molar-refractivity contribution in [1.29, 1.82) is 0 Å². The summed E-state index contributed by atoms with van der Waals surface area (Å²) in [7, 11) is 0. The third-order valence-corrected chi connectivity index (χ3v) is 5.67. The summed E-state index contributed by atoms with van der Waals surface area (Å²) in [6.45, 7) is 22.2. The number of nitrogens with zero attached hydrogens (tertiary/aromatic N) is 3. The van der Waals surface area contributed by atoms with Crippen LogP contribution in [0.25, 0.3) is 0 Å². The van der Waals surface area contributed by atoms with Crippen LogP contribution in [0.1, 0.15) is 53.4 Å². The summed E-state index contributed by atoms with van der Waals surface area (Å²) < 4.78 is 18.4. The van der Waals surface area contributed by atoms with Crippen molar-refractivity contribution < 1.29 is 28.7 Å². The molecular formula is C19H31MoN3O2S4-2. The number of thiocarbonyl (C=S) groups is 2. The molecule has 2 aliphatic heterocycles. The van der Waals surface area contributed by atoms with Crippen molar-refractivity contribution in [2.24, 2.45) is 0 Å². The van der Waals surface area contributed by atoms with E-state index in [-0.39, 0.29) is 0 Å². The first-order valence-electron chi connectivity index (χ1n) is 9.26. The summed E-state index contributed by atoms with van der Waals surface area (Å²) in [5, 5.41) is 0. The fraction of sp³-hybridized carbons (Fsp3) is 0.737. The zero-order valence-corrected chi connectivity index (χ0v) is 22.9. The van der Waals surface area contributed by atoms with Crippen molar-refractivity contribution in [3.8, 4) is 0 Å². The monoisotopic (exact) mass is 559 g/mol. The van der Waals surface area contributed by atoms with Crippen LogP contribution in [0.15, 0.2) is 0 Å². The van der Waals surface area contributed by atoms with Crippen LogP contribution in [0.3, 0.4) is 0 Å². The molecule has 29 heavy (non-hydrogen) atoms. The molecule has 2 aliphatic rings. The second-order valence-electron chi connectivity index (χ2n) is 6.66. The third-order valence-electron chi connectivity index (χ3n) is 4.04. The van der Waals surface area contributed by atoms with Crippen molar-refractivity contribution in [1.82, 2.24) is 14.7 Å². The van der Waals surface area contributed by atoms with E-state index in [0.29, 0.717) is 20.7 Å². The number of likely N-dealkylation sites (tertiary alicyclic amines) is 2. The van der Waals surface area contributed by atoms with E-state index in [1.807, 2.05) is 19.4 Å². The molecule has 0 saturated carbocycles. The van der Waals surface area contributed by atoms with Crippen LogP contribution in [0.2, 0.25) is 0 Å². The first-order chi connectivity index (χ1) is 13.7. The molecule has 0 atom stereocenters. The van der Waals surface area contributed by atoms with Crippen molar-refractivity contribution >= 4 is 62.9 Å². The topological polar surface area (TPSA) is 49.5 Å². The van der Waals surface area contributed by atoms with Gasteiger partial charge in [0.05, 0.1) is 0 Å². The predicted octanol–water partition coefficient (Wildman–Crippen LogP) is 3.16. The summed E-state index contributed by atoms with van der Waals surface area (Å²) in [5.41, 5.74) is 0. The summed E-state index contributed by atoms with van der Waals surface area (Å²) in [4.78, 5) is 6.49. The van der Waals surface area contributed by atoms with E-state index < -0.39 is 0 Å². The van der Waals surface area contributed by atoms with Crippen LogP contribution in [0.5, 0.6) is 0 Å². The molecule has 10 heteroatoms. The minimum absolute atomic E-state index is 0.637. The molecule has 0 spiro atoms. The van der Waals surface area contributed by atoms with Crippen molar-refractivity contribution in [3.63, 3.8) is 0 Å². The fourth-order valence-corrected chi connectivity index (χ4v) is 4.57. The van der Waals surface area contributed by atoms with Gasteiger partial charge in [-0.2, -0.15) is 0 Å². The van der Waals surface area contributed by atoms with Crippen molar-refractivity contribution in [3.05, 3.63) is 13.3 Å². The molecule has 2 heterocycles. The molecule has 0 unspecified atom stereocenters. The van der Waals surface area contributed by atoms with E-state index in [4.69, 9.17) is 59.0 Å². The summed E-state index contributed by atoms with van der Waals surface area (Å²) >= 11 is 21.2. The molecule has 2 saturated heterocycles. The molecule has 0 radical (unpaired) electrons. The zero-order chi connectivity index (χ0) is 23.4. The second-order valence-corrected chi connectivity index (χ2v) is 9.24. The van der Waals surface area contributed by atoms with Gasteiger partial charge in [0.25, 0.3) is 0 Å². The Balaban J connectivity index is -0.000000321. The molecule has 166 valence electrons. The van der Waals surface area contributed by atoms with E-state index in [1.165, 1.54) is 25.7 Å². The Morgan fingerprint density at radius 1 is 0.828 bits per heavy atom. The van der Waals surface area contributed by atoms with Gasteiger partial charge in [0.1, 0.15) is 0 Å². The van der Waals surface area contributed by atoms with Gasteiger partial charge in [0.15, 0.2) is 0 Å². The van der Waals surface area contributed by atoms with Crippen LogP contribution in [-0.4, -0.2) is 66.1 Å². The van der Waals surface area contributed by atoms with Crippen molar-refractivity contribution in [2.45, 2.75) is 65.5 Å². The van der Waals surface area contributed by atoms with Gasteiger partial charge in [-0.3, -0.25) is 0 Å². The Morgan fingerprint density at radius 3 is 1.14 bits per heavy atom. The first-order valence-corrected chi connectivity index (χ1v) is 12.0. The minimum atomic E-state index is 0.637. The van der Waals surface area contributed by atoms with E-state index in [9.17, 15) is 0 Å². The van der Waals surface area contributed by atoms with E-state index >= 15 is 0 Å². The average Bonchev–Trinajstić information content (AvgIpc) is 3.40. The van der Waals surface area contributed by atoms with Gasteiger partial charge >= 0.3 is 91.2 Å². The molecule has 2 fully saturated rings. The quantitative estimate of drug-likeness (QED) is 0.174. The van der Waals surface area contributed by atoms with E-state index in [2.05, 4.69) is 60.2 Å². The van der Waals surface area contributed by atoms with Crippen LogP contribution in [-0.2, 0) is 53.9 Å². The normalized spacial score (nSPS) is 14.3. The standard InChI is InChI=1S/C7H15N.2C5H9NS2.2CO.Mo/c1-6(2)8(5)7(3)4;2*7-5(8)6-3-1-2-4-6;2*1-2;/h5-7H,1-4H3;2*1-4H2,(H,7,8);;;/p-2. The maximum absolute atomic E-state index is 7.50. The molecule has 0 bridgehead atoms. The summed E-state index contributed by atoms with van der Waals surface area (Å²) in [6.07, 6.45) is 5.04. The van der Waals surface area contributed by atoms with Gasteiger partial charge in [0.2, 0.25) is 0 Å². The van der Waals surface area contributed by atoms with Gasteiger partial charge in [-0.05, 0) is 25.7 Å². The first kappa shape index (κ1) is 33.8. The molecular weight excluding hydrogens is 526 g/mol. The number of rotatable bonds is 3. The molecule has 0 aromatic rings. The van der Waals surface area contributed by atoms with Gasteiger partial charge in [-0.25, -0.2) is 0 Å². The molecule has 0 aromatic carbocycles. The Morgan fingerprint density at radius 2 is 1.07 bits per heavy atom. The molecule has 5 nitrogen and oxygen atoms in total. The van der Waals surface area contributed by atoms with E-state index in [1.54, 1.807) is 0 Å². The van der Waals surface area contributed by atoms with Crippen LogP contribution in [0.4, 0.5) is 0 Å². The Hall–Kier alpha value is 0.218. The van der Waals surface area contributed by atoms with Crippen LogP contribution < -0.4 is 0 Å². The van der Waals surface area contributed by atoms with Crippen molar-refractivity contribution in [2.75, 3.05) is 26.2 Å². The predicted molar refractivity (Wildman–Crippen MR) is 128 cm³/mol.